The van der Waals surface area contributed by atoms with Crippen molar-refractivity contribution in [2.75, 3.05) is 49.2 Å². The molecular formula is C16H22F2N2S2. The molecule has 0 N–H and O–H groups in total. The van der Waals surface area contributed by atoms with Gasteiger partial charge in [-0.1, -0.05) is 0 Å². The second-order valence-corrected chi connectivity index (χ2v) is 8.19. The van der Waals surface area contributed by atoms with E-state index in [0.29, 0.717) is 12.6 Å². The van der Waals surface area contributed by atoms with Gasteiger partial charge in [-0.05, 0) is 17.7 Å². The maximum absolute atomic E-state index is 13.3. The number of thioether (sulfide) groups is 2. The van der Waals surface area contributed by atoms with E-state index in [9.17, 15) is 8.78 Å². The molecule has 2 saturated heterocycles. The summed E-state index contributed by atoms with van der Waals surface area (Å²) in [5.74, 6) is 4.05. The van der Waals surface area contributed by atoms with Crippen LogP contribution in [0.2, 0.25) is 0 Å². The first-order valence-electron chi connectivity index (χ1n) is 7.77. The summed E-state index contributed by atoms with van der Waals surface area (Å²) in [4.78, 5) is 4.88. The average Bonchev–Trinajstić information content (AvgIpc) is 2.76. The zero-order valence-corrected chi connectivity index (χ0v) is 14.3. The van der Waals surface area contributed by atoms with Crippen LogP contribution in [0.25, 0.3) is 0 Å². The van der Waals surface area contributed by atoms with Crippen LogP contribution < -0.4 is 0 Å². The summed E-state index contributed by atoms with van der Waals surface area (Å²) < 4.78 is 26.5. The predicted octanol–water partition coefficient (Wildman–Crippen LogP) is 2.93. The Morgan fingerprint density at radius 3 is 2.09 bits per heavy atom. The number of hydrogen-bond donors (Lipinski definition) is 0. The van der Waals surface area contributed by atoms with Crippen molar-refractivity contribution in [1.82, 2.24) is 9.80 Å². The highest BCUT2D eigenvalue weighted by atomic mass is 32.2. The van der Waals surface area contributed by atoms with Crippen LogP contribution in [0.1, 0.15) is 5.56 Å². The molecule has 0 aliphatic carbocycles. The minimum atomic E-state index is -0.485. The summed E-state index contributed by atoms with van der Waals surface area (Å²) in [6.07, 6.45) is 0. The second kappa shape index (κ2) is 7.99. The van der Waals surface area contributed by atoms with E-state index in [1.807, 2.05) is 0 Å². The molecule has 2 aliphatic rings. The van der Waals surface area contributed by atoms with Gasteiger partial charge < -0.3 is 0 Å². The number of nitrogens with zero attached hydrogens (tertiary/aromatic N) is 2. The normalized spacial score (nSPS) is 22.6. The lowest BCUT2D eigenvalue weighted by atomic mass is 10.1. The lowest BCUT2D eigenvalue weighted by Gasteiger charge is -2.38. The van der Waals surface area contributed by atoms with E-state index in [2.05, 4.69) is 33.3 Å². The molecule has 6 heteroatoms. The lowest BCUT2D eigenvalue weighted by molar-refractivity contribution is 0.107. The molecular weight excluding hydrogens is 322 g/mol. The molecule has 0 atom stereocenters. The zero-order valence-electron chi connectivity index (χ0n) is 12.6. The van der Waals surface area contributed by atoms with Gasteiger partial charge in [0.15, 0.2) is 0 Å². The van der Waals surface area contributed by atoms with Crippen LogP contribution in [0, 0.1) is 11.6 Å². The van der Waals surface area contributed by atoms with E-state index in [1.54, 1.807) is 0 Å². The predicted molar refractivity (Wildman–Crippen MR) is 91.6 cm³/mol. The van der Waals surface area contributed by atoms with Gasteiger partial charge in [-0.3, -0.25) is 9.80 Å². The summed E-state index contributed by atoms with van der Waals surface area (Å²) in [7, 11) is 0. The minimum Gasteiger partial charge on any atom is -0.297 e. The summed E-state index contributed by atoms with van der Waals surface area (Å²) >= 11 is 4.13. The Balaban J connectivity index is 1.50. The number of halogens is 2. The van der Waals surface area contributed by atoms with E-state index >= 15 is 0 Å². The monoisotopic (exact) mass is 344 g/mol. The number of hydrogen-bond acceptors (Lipinski definition) is 4. The fourth-order valence-corrected chi connectivity index (χ4v) is 5.69. The highest BCUT2D eigenvalue weighted by molar-refractivity contribution is 8.03. The molecule has 2 fully saturated rings. The van der Waals surface area contributed by atoms with Crippen molar-refractivity contribution in [2.45, 2.75) is 12.6 Å². The molecule has 2 nitrogen and oxygen atoms in total. The summed E-state index contributed by atoms with van der Waals surface area (Å²) in [6, 6.07) is 4.50. The first-order valence-corrected chi connectivity index (χ1v) is 10.1. The molecule has 0 radical (unpaired) electrons. The van der Waals surface area contributed by atoms with Gasteiger partial charge in [-0.15, -0.1) is 0 Å². The van der Waals surface area contributed by atoms with Crippen molar-refractivity contribution >= 4 is 23.5 Å². The molecule has 22 heavy (non-hydrogen) atoms. The van der Waals surface area contributed by atoms with Crippen molar-refractivity contribution in [3.63, 3.8) is 0 Å². The Kier molecular flexibility index (Phi) is 6.02. The van der Waals surface area contributed by atoms with Gasteiger partial charge in [0.1, 0.15) is 11.6 Å². The highest BCUT2D eigenvalue weighted by Gasteiger charge is 2.25. The topological polar surface area (TPSA) is 6.48 Å². The van der Waals surface area contributed by atoms with Gasteiger partial charge in [0.2, 0.25) is 0 Å². The van der Waals surface area contributed by atoms with E-state index < -0.39 is 11.6 Å². The molecule has 0 unspecified atom stereocenters. The quantitative estimate of drug-likeness (QED) is 0.831. The van der Waals surface area contributed by atoms with E-state index in [1.165, 1.54) is 35.1 Å². The summed E-state index contributed by atoms with van der Waals surface area (Å²) in [6.45, 7) is 4.71. The lowest BCUT2D eigenvalue weighted by Crippen LogP contribution is -2.51. The Bertz CT molecular complexity index is 465. The molecule has 0 saturated carbocycles. The summed E-state index contributed by atoms with van der Waals surface area (Å²) in [5, 5.41) is 0. The van der Waals surface area contributed by atoms with Crippen molar-refractivity contribution < 1.29 is 8.78 Å². The Labute approximate surface area is 139 Å². The van der Waals surface area contributed by atoms with Gasteiger partial charge in [-0.25, -0.2) is 8.78 Å². The van der Waals surface area contributed by atoms with Crippen molar-refractivity contribution in [3.8, 4) is 0 Å². The van der Waals surface area contributed by atoms with Crippen LogP contribution in [-0.4, -0.2) is 65.0 Å². The second-order valence-electron chi connectivity index (χ2n) is 5.89. The molecule has 1 aromatic rings. The Morgan fingerprint density at radius 2 is 1.50 bits per heavy atom. The van der Waals surface area contributed by atoms with E-state index in [0.717, 1.165) is 37.8 Å². The molecule has 2 heterocycles. The number of benzene rings is 1. The van der Waals surface area contributed by atoms with Crippen molar-refractivity contribution in [2.24, 2.45) is 0 Å². The fraction of sp³-hybridized carbons (Fsp3) is 0.625. The van der Waals surface area contributed by atoms with E-state index in [-0.39, 0.29) is 0 Å². The molecule has 2 aliphatic heterocycles. The van der Waals surface area contributed by atoms with Gasteiger partial charge in [0.25, 0.3) is 0 Å². The number of piperazine rings is 1. The average molecular weight is 344 g/mol. The van der Waals surface area contributed by atoms with Gasteiger partial charge in [0, 0.05) is 67.8 Å². The largest absolute Gasteiger partial charge is 0.297 e. The SMILES string of the molecule is Fc1cc(F)cc(CN2CCN(C3CSCCSC3)CC2)c1. The first-order chi connectivity index (χ1) is 10.7. The standard InChI is InChI=1S/C16H22F2N2S2/c17-14-7-13(8-15(18)9-14)10-19-1-3-20(4-2-19)16-11-21-5-6-22-12-16/h7-9,16H,1-6,10-12H2. The maximum Gasteiger partial charge on any atom is 0.126 e. The van der Waals surface area contributed by atoms with Gasteiger partial charge in [0.05, 0.1) is 0 Å². The van der Waals surface area contributed by atoms with Crippen LogP contribution >= 0.6 is 23.5 Å². The Hall–Kier alpha value is -0.300. The molecule has 0 aromatic heterocycles. The van der Waals surface area contributed by atoms with Crippen molar-refractivity contribution in [1.29, 1.82) is 0 Å². The first kappa shape index (κ1) is 16.6. The third kappa shape index (κ3) is 4.60. The molecule has 0 spiro atoms. The van der Waals surface area contributed by atoms with Gasteiger partial charge in [-0.2, -0.15) is 23.5 Å². The zero-order chi connectivity index (χ0) is 15.4. The highest BCUT2D eigenvalue weighted by Crippen LogP contribution is 2.22. The third-order valence-electron chi connectivity index (χ3n) is 4.24. The summed E-state index contributed by atoms with van der Waals surface area (Å²) in [5.41, 5.74) is 0.728. The third-order valence-corrected chi connectivity index (χ3v) is 6.73. The Morgan fingerprint density at radius 1 is 0.909 bits per heavy atom. The molecule has 122 valence electrons. The minimum absolute atomic E-state index is 0.485. The molecule has 1 aromatic carbocycles. The van der Waals surface area contributed by atoms with Crippen LogP contribution in [0.4, 0.5) is 8.78 Å². The van der Waals surface area contributed by atoms with Crippen LogP contribution in [0.5, 0.6) is 0 Å². The van der Waals surface area contributed by atoms with E-state index in [4.69, 9.17) is 0 Å². The maximum atomic E-state index is 13.3. The number of rotatable bonds is 3. The molecule has 0 amide bonds. The molecule has 0 bridgehead atoms. The smallest absolute Gasteiger partial charge is 0.126 e. The van der Waals surface area contributed by atoms with Crippen molar-refractivity contribution in [3.05, 3.63) is 35.4 Å². The van der Waals surface area contributed by atoms with Crippen LogP contribution in [0.15, 0.2) is 18.2 Å². The fourth-order valence-electron chi connectivity index (χ4n) is 3.06. The van der Waals surface area contributed by atoms with Crippen LogP contribution in [0.3, 0.4) is 0 Å². The molecule has 3 rings (SSSR count). The van der Waals surface area contributed by atoms with Crippen LogP contribution in [-0.2, 0) is 6.54 Å². The van der Waals surface area contributed by atoms with Gasteiger partial charge >= 0.3 is 0 Å².